The molecule has 1 aromatic carbocycles. The maximum atomic E-state index is 12.6. The lowest BCUT2D eigenvalue weighted by molar-refractivity contribution is -0.129. The van der Waals surface area contributed by atoms with Gasteiger partial charge in [-0.25, -0.2) is 13.2 Å². The summed E-state index contributed by atoms with van der Waals surface area (Å²) in [4.78, 5) is 39.9. The van der Waals surface area contributed by atoms with Crippen LogP contribution in [0.3, 0.4) is 0 Å². The van der Waals surface area contributed by atoms with Crippen LogP contribution in [-0.2, 0) is 19.4 Å². The molecule has 3 saturated heterocycles. The minimum Gasteiger partial charge on any atom is -0.338 e. The topological polar surface area (TPSA) is 116 Å². The highest BCUT2D eigenvalue weighted by molar-refractivity contribution is 7.91. The molecule has 0 unspecified atom stereocenters. The highest BCUT2D eigenvalue weighted by atomic mass is 32.2. The van der Waals surface area contributed by atoms with Gasteiger partial charge in [0, 0.05) is 43.5 Å². The van der Waals surface area contributed by atoms with Crippen molar-refractivity contribution in [3.63, 3.8) is 0 Å². The van der Waals surface area contributed by atoms with E-state index in [0.29, 0.717) is 30.9 Å². The Labute approximate surface area is 163 Å². The van der Waals surface area contributed by atoms with Gasteiger partial charge in [-0.1, -0.05) is 6.07 Å². The molecule has 150 valence electrons. The molecule has 3 aliphatic rings. The van der Waals surface area contributed by atoms with Crippen molar-refractivity contribution in [1.82, 2.24) is 10.2 Å². The molecule has 0 spiro atoms. The van der Waals surface area contributed by atoms with Crippen molar-refractivity contribution >= 4 is 39.1 Å². The van der Waals surface area contributed by atoms with E-state index in [-0.39, 0.29) is 48.4 Å². The molecular formula is C18H22N4O5S. The molecule has 9 nitrogen and oxygen atoms in total. The Hall–Kier alpha value is -2.62. The van der Waals surface area contributed by atoms with Crippen LogP contribution in [0.15, 0.2) is 24.3 Å². The van der Waals surface area contributed by atoms with Crippen molar-refractivity contribution < 1.29 is 22.8 Å². The Bertz CT molecular complexity index is 932. The first kappa shape index (κ1) is 18.7. The number of rotatable bonds is 4. The minimum atomic E-state index is -3.09. The minimum absolute atomic E-state index is 0.0208. The summed E-state index contributed by atoms with van der Waals surface area (Å²) in [5.41, 5.74) is 1.24. The van der Waals surface area contributed by atoms with Crippen LogP contribution >= 0.6 is 0 Å². The Morgan fingerprint density at radius 3 is 2.75 bits per heavy atom. The molecule has 2 N–H and O–H groups in total. The molecule has 2 atom stereocenters. The molecule has 0 aromatic heterocycles. The van der Waals surface area contributed by atoms with Crippen LogP contribution in [0.5, 0.6) is 0 Å². The van der Waals surface area contributed by atoms with Gasteiger partial charge in [-0.2, -0.15) is 0 Å². The normalized spacial score (nSPS) is 26.6. The number of likely N-dealkylation sites (tertiary alicyclic amines) is 1. The third-order valence-corrected chi connectivity index (χ3v) is 7.21. The van der Waals surface area contributed by atoms with Gasteiger partial charge < -0.3 is 15.5 Å². The zero-order valence-electron chi connectivity index (χ0n) is 15.3. The van der Waals surface area contributed by atoms with Gasteiger partial charge in [0.05, 0.1) is 17.4 Å². The zero-order valence-corrected chi connectivity index (χ0v) is 16.1. The SMILES string of the molecule is O=C(Nc1cccc(N2CCNC2=O)c1)[C@@H]1CC(=O)N([C@@H]2CCS(=O)(=O)C2)C1. The lowest BCUT2D eigenvalue weighted by Gasteiger charge is -2.23. The maximum absolute atomic E-state index is 12.6. The number of benzene rings is 1. The fourth-order valence-corrected chi connectivity index (χ4v) is 5.73. The number of hydrogen-bond donors (Lipinski definition) is 2. The fourth-order valence-electron chi connectivity index (χ4n) is 4.00. The maximum Gasteiger partial charge on any atom is 0.321 e. The summed E-state index contributed by atoms with van der Waals surface area (Å²) in [7, 11) is -3.09. The number of carbonyl (C=O) groups is 3. The van der Waals surface area contributed by atoms with Crippen molar-refractivity contribution in [2.45, 2.75) is 18.9 Å². The van der Waals surface area contributed by atoms with Crippen molar-refractivity contribution in [2.75, 3.05) is 41.4 Å². The summed E-state index contributed by atoms with van der Waals surface area (Å²) in [5.74, 6) is -0.902. The second-order valence-corrected chi connectivity index (χ2v) is 9.66. The summed E-state index contributed by atoms with van der Waals surface area (Å²) < 4.78 is 23.4. The molecule has 3 fully saturated rings. The first-order valence-corrected chi connectivity index (χ1v) is 11.1. The molecule has 0 bridgehead atoms. The Morgan fingerprint density at radius 2 is 2.07 bits per heavy atom. The molecule has 3 heterocycles. The number of carbonyl (C=O) groups excluding carboxylic acids is 3. The third-order valence-electron chi connectivity index (χ3n) is 5.46. The number of hydrogen-bond acceptors (Lipinski definition) is 5. The average Bonchev–Trinajstić information content (AvgIpc) is 3.33. The van der Waals surface area contributed by atoms with Gasteiger partial charge >= 0.3 is 6.03 Å². The summed E-state index contributed by atoms with van der Waals surface area (Å²) in [6.45, 7) is 1.37. The van der Waals surface area contributed by atoms with Crippen molar-refractivity contribution in [3.05, 3.63) is 24.3 Å². The van der Waals surface area contributed by atoms with Crippen LogP contribution in [0.25, 0.3) is 0 Å². The Balaban J connectivity index is 1.40. The van der Waals surface area contributed by atoms with E-state index in [4.69, 9.17) is 0 Å². The van der Waals surface area contributed by atoms with E-state index in [0.717, 1.165) is 0 Å². The monoisotopic (exact) mass is 406 g/mol. The predicted molar refractivity (Wildman–Crippen MR) is 103 cm³/mol. The highest BCUT2D eigenvalue weighted by Crippen LogP contribution is 2.28. The van der Waals surface area contributed by atoms with E-state index in [9.17, 15) is 22.8 Å². The first-order valence-electron chi connectivity index (χ1n) is 9.28. The molecule has 0 saturated carbocycles. The van der Waals surface area contributed by atoms with E-state index in [1.807, 2.05) is 0 Å². The molecule has 1 aromatic rings. The van der Waals surface area contributed by atoms with Gasteiger partial charge in [-0.15, -0.1) is 0 Å². The molecule has 4 amide bonds. The van der Waals surface area contributed by atoms with Gasteiger partial charge in [0.15, 0.2) is 9.84 Å². The van der Waals surface area contributed by atoms with Crippen LogP contribution in [0, 0.1) is 5.92 Å². The highest BCUT2D eigenvalue weighted by Gasteiger charge is 2.41. The summed E-state index contributed by atoms with van der Waals surface area (Å²) >= 11 is 0. The van der Waals surface area contributed by atoms with Gasteiger partial charge in [0.25, 0.3) is 0 Å². The number of sulfone groups is 1. The predicted octanol–water partition coefficient (Wildman–Crippen LogP) is 0.190. The van der Waals surface area contributed by atoms with Crippen molar-refractivity contribution in [1.29, 1.82) is 0 Å². The van der Waals surface area contributed by atoms with Crippen LogP contribution in [-0.4, -0.2) is 68.3 Å². The van der Waals surface area contributed by atoms with Crippen molar-refractivity contribution in [3.8, 4) is 0 Å². The van der Waals surface area contributed by atoms with E-state index < -0.39 is 15.8 Å². The largest absolute Gasteiger partial charge is 0.338 e. The molecule has 10 heteroatoms. The Morgan fingerprint density at radius 1 is 1.25 bits per heavy atom. The number of nitrogens with one attached hydrogen (secondary N) is 2. The summed E-state index contributed by atoms with van der Waals surface area (Å²) in [6.07, 6.45) is 0.513. The number of amides is 4. The third kappa shape index (κ3) is 3.68. The molecule has 0 radical (unpaired) electrons. The van der Waals surface area contributed by atoms with Crippen LogP contribution in [0.1, 0.15) is 12.8 Å². The number of urea groups is 1. The number of anilines is 2. The van der Waals surface area contributed by atoms with Gasteiger partial charge in [-0.05, 0) is 24.6 Å². The molecule has 4 rings (SSSR count). The fraction of sp³-hybridized carbons (Fsp3) is 0.500. The zero-order chi connectivity index (χ0) is 19.9. The summed E-state index contributed by atoms with van der Waals surface area (Å²) in [6, 6.07) is 6.50. The quantitative estimate of drug-likeness (QED) is 0.741. The van der Waals surface area contributed by atoms with E-state index in [1.165, 1.54) is 0 Å². The molecule has 28 heavy (non-hydrogen) atoms. The second kappa shape index (κ2) is 7.08. The Kier molecular flexibility index (Phi) is 4.74. The molecular weight excluding hydrogens is 384 g/mol. The van der Waals surface area contributed by atoms with E-state index in [2.05, 4.69) is 10.6 Å². The van der Waals surface area contributed by atoms with Crippen LogP contribution in [0.2, 0.25) is 0 Å². The molecule has 0 aliphatic carbocycles. The van der Waals surface area contributed by atoms with Gasteiger partial charge in [0.2, 0.25) is 11.8 Å². The van der Waals surface area contributed by atoms with Crippen molar-refractivity contribution in [2.24, 2.45) is 5.92 Å². The van der Waals surface area contributed by atoms with E-state index >= 15 is 0 Å². The number of nitrogens with zero attached hydrogens (tertiary/aromatic N) is 2. The molecule has 3 aliphatic heterocycles. The lowest BCUT2D eigenvalue weighted by atomic mass is 10.1. The second-order valence-electron chi connectivity index (χ2n) is 7.43. The van der Waals surface area contributed by atoms with Gasteiger partial charge in [-0.3, -0.25) is 14.5 Å². The van der Waals surface area contributed by atoms with Crippen LogP contribution in [0.4, 0.5) is 16.2 Å². The first-order chi connectivity index (χ1) is 13.3. The smallest absolute Gasteiger partial charge is 0.321 e. The average molecular weight is 406 g/mol. The standard InChI is InChI=1S/C18H22N4O5S/c23-16-8-12(10-22(16)15-4-7-28(26,27)11-15)17(24)20-13-2-1-3-14(9-13)21-6-5-19-18(21)25/h1-3,9,12,15H,4-8,10-11H2,(H,19,25)(H,20,24)/t12-,15-/m1/s1. The summed E-state index contributed by atoms with van der Waals surface area (Å²) in [5, 5.41) is 5.55. The lowest BCUT2D eigenvalue weighted by Crippen LogP contribution is -2.38. The van der Waals surface area contributed by atoms with Crippen LogP contribution < -0.4 is 15.5 Å². The van der Waals surface area contributed by atoms with E-state index in [1.54, 1.807) is 34.1 Å². The van der Waals surface area contributed by atoms with Gasteiger partial charge in [0.1, 0.15) is 0 Å².